The Kier molecular flexibility index (Phi) is 6.19. The van der Waals surface area contributed by atoms with Crippen molar-refractivity contribution < 1.29 is 13.2 Å². The van der Waals surface area contributed by atoms with Gasteiger partial charge in [-0.3, -0.25) is 4.79 Å². The summed E-state index contributed by atoms with van der Waals surface area (Å²) in [5.74, 6) is -0.403. The maximum absolute atomic E-state index is 12.5. The molecule has 0 unspecified atom stereocenters. The van der Waals surface area contributed by atoms with Crippen molar-refractivity contribution in [3.05, 3.63) is 57.0 Å². The number of sulfonamides is 1. The van der Waals surface area contributed by atoms with Gasteiger partial charge in [-0.2, -0.15) is 4.31 Å². The number of nitrogens with zero attached hydrogens (tertiary/aromatic N) is 1. The highest BCUT2D eigenvalue weighted by atomic mass is 79.9. The zero-order chi connectivity index (χ0) is 17.9. The molecule has 0 heterocycles. The molecule has 1 N–H and O–H groups in total. The van der Waals surface area contributed by atoms with Crippen LogP contribution in [0.3, 0.4) is 0 Å². The Morgan fingerprint density at radius 1 is 1.12 bits per heavy atom. The van der Waals surface area contributed by atoms with Gasteiger partial charge >= 0.3 is 0 Å². The summed E-state index contributed by atoms with van der Waals surface area (Å²) in [6, 6.07) is 11.7. The van der Waals surface area contributed by atoms with Gasteiger partial charge in [-0.15, -0.1) is 0 Å². The molecule has 0 bridgehead atoms. The topological polar surface area (TPSA) is 66.5 Å². The number of anilines is 1. The second kappa shape index (κ2) is 7.77. The van der Waals surface area contributed by atoms with Gasteiger partial charge in [-0.05, 0) is 55.0 Å². The van der Waals surface area contributed by atoms with Crippen molar-refractivity contribution in [3.8, 4) is 0 Å². The molecule has 2 rings (SSSR count). The minimum absolute atomic E-state index is 0.139. The number of nitrogens with one attached hydrogen (secondary N) is 1. The number of hydrogen-bond acceptors (Lipinski definition) is 3. The van der Waals surface area contributed by atoms with E-state index < -0.39 is 15.9 Å². The van der Waals surface area contributed by atoms with Crippen LogP contribution >= 0.6 is 31.9 Å². The first-order valence-electron chi connectivity index (χ1n) is 6.98. The van der Waals surface area contributed by atoms with E-state index in [9.17, 15) is 13.2 Å². The molecule has 0 radical (unpaired) electrons. The first-order chi connectivity index (χ1) is 11.2. The number of aryl methyl sites for hydroxylation is 1. The molecule has 24 heavy (non-hydrogen) atoms. The van der Waals surface area contributed by atoms with E-state index in [2.05, 4.69) is 37.2 Å². The molecule has 2 aromatic carbocycles. The Balaban J connectivity index is 2.07. The van der Waals surface area contributed by atoms with E-state index >= 15 is 0 Å². The van der Waals surface area contributed by atoms with Crippen LogP contribution in [0, 0.1) is 6.92 Å². The van der Waals surface area contributed by atoms with Crippen molar-refractivity contribution in [2.24, 2.45) is 0 Å². The third kappa shape index (κ3) is 4.66. The number of hydrogen-bond donors (Lipinski definition) is 1. The van der Waals surface area contributed by atoms with E-state index in [-0.39, 0.29) is 11.4 Å². The van der Waals surface area contributed by atoms with Crippen molar-refractivity contribution >= 4 is 53.5 Å². The summed E-state index contributed by atoms with van der Waals surface area (Å²) >= 11 is 6.65. The Bertz CT molecular complexity index is 852. The fourth-order valence-corrected chi connectivity index (χ4v) is 3.63. The van der Waals surface area contributed by atoms with Crippen LogP contribution < -0.4 is 5.32 Å². The number of benzene rings is 2. The fourth-order valence-electron chi connectivity index (χ4n) is 2.00. The van der Waals surface area contributed by atoms with Crippen LogP contribution in [0.15, 0.2) is 56.3 Å². The van der Waals surface area contributed by atoms with E-state index in [1.165, 1.54) is 19.2 Å². The average Bonchev–Trinajstić information content (AvgIpc) is 2.51. The lowest BCUT2D eigenvalue weighted by Gasteiger charge is -2.17. The summed E-state index contributed by atoms with van der Waals surface area (Å²) in [7, 11) is -2.34. The highest BCUT2D eigenvalue weighted by Gasteiger charge is 2.22. The quantitative estimate of drug-likeness (QED) is 0.715. The number of carbonyl (C=O) groups excluding carboxylic acids is 1. The van der Waals surface area contributed by atoms with Gasteiger partial charge in [0.2, 0.25) is 15.9 Å². The van der Waals surface area contributed by atoms with E-state index in [0.29, 0.717) is 5.69 Å². The van der Waals surface area contributed by atoms with Gasteiger partial charge in [0.25, 0.3) is 0 Å². The van der Waals surface area contributed by atoms with Crippen LogP contribution in [0.5, 0.6) is 0 Å². The number of halogens is 2. The molecular weight excluding hydrogens is 460 g/mol. The SMILES string of the molecule is Cc1cc(NC(=O)CN(C)S(=O)(=O)c2ccc(Br)cc2)ccc1Br. The van der Waals surface area contributed by atoms with Crippen LogP contribution in [0.25, 0.3) is 0 Å². The average molecular weight is 476 g/mol. The van der Waals surface area contributed by atoms with Gasteiger partial charge in [0.1, 0.15) is 0 Å². The maximum Gasteiger partial charge on any atom is 0.243 e. The normalized spacial score (nSPS) is 11.5. The lowest BCUT2D eigenvalue weighted by Crippen LogP contribution is -2.34. The minimum atomic E-state index is -3.71. The molecule has 8 heteroatoms. The predicted octanol–water partition coefficient (Wildman–Crippen LogP) is 3.78. The smallest absolute Gasteiger partial charge is 0.243 e. The summed E-state index contributed by atoms with van der Waals surface area (Å²) in [4.78, 5) is 12.3. The molecule has 0 saturated carbocycles. The van der Waals surface area contributed by atoms with Gasteiger partial charge in [-0.1, -0.05) is 31.9 Å². The molecule has 0 aromatic heterocycles. The standard InChI is InChI=1S/C16H16Br2N2O3S/c1-11-9-13(5-8-15(11)18)19-16(21)10-20(2)24(22,23)14-6-3-12(17)4-7-14/h3-9H,10H2,1-2H3,(H,19,21). The van der Waals surface area contributed by atoms with Gasteiger partial charge in [0.05, 0.1) is 11.4 Å². The minimum Gasteiger partial charge on any atom is -0.325 e. The van der Waals surface area contributed by atoms with E-state index in [4.69, 9.17) is 0 Å². The van der Waals surface area contributed by atoms with Gasteiger partial charge < -0.3 is 5.32 Å². The molecule has 0 atom stereocenters. The lowest BCUT2D eigenvalue weighted by molar-refractivity contribution is -0.116. The van der Waals surface area contributed by atoms with Gasteiger partial charge in [0.15, 0.2) is 0 Å². The number of amides is 1. The highest BCUT2D eigenvalue weighted by molar-refractivity contribution is 9.10. The van der Waals surface area contributed by atoms with Crippen LogP contribution in [-0.4, -0.2) is 32.2 Å². The van der Waals surface area contributed by atoms with Gasteiger partial charge in [0, 0.05) is 21.7 Å². The first kappa shape index (κ1) is 19.1. The molecule has 0 aliphatic carbocycles. The molecule has 0 aliphatic heterocycles. The van der Waals surface area contributed by atoms with Crippen molar-refractivity contribution in [2.75, 3.05) is 18.9 Å². The summed E-state index contributed by atoms with van der Waals surface area (Å²) in [5.41, 5.74) is 1.60. The summed E-state index contributed by atoms with van der Waals surface area (Å²) < 4.78 is 27.7. The summed E-state index contributed by atoms with van der Waals surface area (Å²) in [6.45, 7) is 1.64. The third-order valence-electron chi connectivity index (χ3n) is 3.33. The van der Waals surface area contributed by atoms with E-state index in [1.54, 1.807) is 18.2 Å². The molecule has 0 saturated heterocycles. The second-order valence-corrected chi connectivity index (χ2v) is 9.04. The Morgan fingerprint density at radius 2 is 1.75 bits per heavy atom. The van der Waals surface area contributed by atoms with Crippen molar-refractivity contribution in [1.82, 2.24) is 4.31 Å². The van der Waals surface area contributed by atoms with Crippen LogP contribution in [0.2, 0.25) is 0 Å². The Labute approximate surface area is 158 Å². The number of rotatable bonds is 5. The zero-order valence-corrected chi connectivity index (χ0v) is 17.1. The lowest BCUT2D eigenvalue weighted by atomic mass is 10.2. The fraction of sp³-hybridized carbons (Fsp3) is 0.188. The molecule has 1 amide bonds. The van der Waals surface area contributed by atoms with Crippen molar-refractivity contribution in [1.29, 1.82) is 0 Å². The zero-order valence-electron chi connectivity index (χ0n) is 13.1. The summed E-state index contributed by atoms with van der Waals surface area (Å²) in [5, 5.41) is 2.70. The largest absolute Gasteiger partial charge is 0.325 e. The Hall–Kier alpha value is -1.22. The maximum atomic E-state index is 12.5. The molecule has 128 valence electrons. The second-order valence-electron chi connectivity index (χ2n) is 5.23. The molecule has 5 nitrogen and oxygen atoms in total. The number of likely N-dealkylation sites (N-methyl/N-ethyl adjacent to an activating group) is 1. The molecule has 2 aromatic rings. The van der Waals surface area contributed by atoms with Crippen LogP contribution in [0.4, 0.5) is 5.69 Å². The van der Waals surface area contributed by atoms with Crippen LogP contribution in [-0.2, 0) is 14.8 Å². The third-order valence-corrected chi connectivity index (χ3v) is 6.57. The van der Waals surface area contributed by atoms with Crippen molar-refractivity contribution in [3.63, 3.8) is 0 Å². The molecule has 0 aliphatic rings. The van der Waals surface area contributed by atoms with Crippen molar-refractivity contribution in [2.45, 2.75) is 11.8 Å². The Morgan fingerprint density at radius 3 is 2.33 bits per heavy atom. The highest BCUT2D eigenvalue weighted by Crippen LogP contribution is 2.20. The van der Waals surface area contributed by atoms with Gasteiger partial charge in [-0.25, -0.2) is 8.42 Å². The van der Waals surface area contributed by atoms with E-state index in [1.807, 2.05) is 19.1 Å². The monoisotopic (exact) mass is 474 g/mol. The predicted molar refractivity (Wildman–Crippen MR) is 101 cm³/mol. The van der Waals surface area contributed by atoms with Crippen LogP contribution in [0.1, 0.15) is 5.56 Å². The summed E-state index contributed by atoms with van der Waals surface area (Å²) in [6.07, 6.45) is 0. The first-order valence-corrected chi connectivity index (χ1v) is 10.0. The number of carbonyl (C=O) groups is 1. The molecule has 0 spiro atoms. The van der Waals surface area contributed by atoms with E-state index in [0.717, 1.165) is 18.8 Å². The molecular formula is C16H16Br2N2O3S. The molecule has 0 fully saturated rings.